The zero-order valence-corrected chi connectivity index (χ0v) is 16.5. The van der Waals surface area contributed by atoms with Crippen molar-refractivity contribution in [3.63, 3.8) is 0 Å². The van der Waals surface area contributed by atoms with Gasteiger partial charge in [0.1, 0.15) is 17.5 Å². The first-order valence-electron chi connectivity index (χ1n) is 8.98. The van der Waals surface area contributed by atoms with Crippen LogP contribution in [0.1, 0.15) is 22.3 Å². The van der Waals surface area contributed by atoms with Gasteiger partial charge in [0.15, 0.2) is 0 Å². The Balaban J connectivity index is 1.88. The minimum atomic E-state index is -0.515. The predicted octanol–water partition coefficient (Wildman–Crippen LogP) is 5.92. The van der Waals surface area contributed by atoms with Crippen molar-refractivity contribution in [1.82, 2.24) is 0 Å². The molecule has 0 aliphatic carbocycles. The molecule has 3 aromatic rings. The summed E-state index contributed by atoms with van der Waals surface area (Å²) in [7, 11) is 0. The van der Waals surface area contributed by atoms with Gasteiger partial charge in [-0.15, -0.1) is 0 Å². The van der Waals surface area contributed by atoms with Crippen molar-refractivity contribution in [3.05, 3.63) is 105 Å². The molecule has 5 heteroatoms. The topological polar surface area (TPSA) is 52.9 Å². The van der Waals surface area contributed by atoms with E-state index in [-0.39, 0.29) is 11.4 Å². The standard InChI is InChI=1S/C24H18ClFN2O/c1-16-22(25)10-5-11-23(16)28-24(29)20(15-27)14-19-8-3-2-7-18(19)12-17-6-4-9-21(26)13-17/h2-11,13-14H,12H2,1H3,(H,28,29)/b20-14+. The third-order valence-corrected chi connectivity index (χ3v) is 4.93. The summed E-state index contributed by atoms with van der Waals surface area (Å²) in [5.74, 6) is -0.817. The largest absolute Gasteiger partial charge is 0.321 e. The number of hydrogen-bond acceptors (Lipinski definition) is 2. The van der Waals surface area contributed by atoms with E-state index in [9.17, 15) is 14.4 Å². The third kappa shape index (κ3) is 5.10. The number of nitriles is 1. The lowest BCUT2D eigenvalue weighted by Gasteiger charge is -2.10. The number of carbonyl (C=O) groups is 1. The SMILES string of the molecule is Cc1c(Cl)cccc1NC(=O)/C(C#N)=C/c1ccccc1Cc1cccc(F)c1. The number of hydrogen-bond donors (Lipinski definition) is 1. The number of nitrogens with one attached hydrogen (secondary N) is 1. The summed E-state index contributed by atoms with van der Waals surface area (Å²) >= 11 is 6.09. The molecule has 0 aliphatic heterocycles. The molecule has 3 rings (SSSR count). The summed E-state index contributed by atoms with van der Waals surface area (Å²) in [5, 5.41) is 12.8. The van der Waals surface area contributed by atoms with Crippen LogP contribution in [0.25, 0.3) is 6.08 Å². The van der Waals surface area contributed by atoms with E-state index in [2.05, 4.69) is 5.32 Å². The van der Waals surface area contributed by atoms with Crippen molar-refractivity contribution in [2.75, 3.05) is 5.32 Å². The van der Waals surface area contributed by atoms with Crippen molar-refractivity contribution in [3.8, 4) is 6.07 Å². The summed E-state index contributed by atoms with van der Waals surface area (Å²) in [6.07, 6.45) is 2.03. The van der Waals surface area contributed by atoms with Crippen LogP contribution in [0.5, 0.6) is 0 Å². The predicted molar refractivity (Wildman–Crippen MR) is 114 cm³/mol. The molecule has 0 saturated heterocycles. The molecule has 0 unspecified atom stereocenters. The Morgan fingerprint density at radius 2 is 1.90 bits per heavy atom. The first-order chi connectivity index (χ1) is 14.0. The van der Waals surface area contributed by atoms with Gasteiger partial charge in [-0.05, 0) is 65.9 Å². The molecule has 3 nitrogen and oxygen atoms in total. The van der Waals surface area contributed by atoms with Gasteiger partial charge in [-0.1, -0.05) is 54.1 Å². The molecule has 144 valence electrons. The monoisotopic (exact) mass is 404 g/mol. The van der Waals surface area contributed by atoms with Gasteiger partial charge in [0, 0.05) is 10.7 Å². The van der Waals surface area contributed by atoms with E-state index < -0.39 is 5.91 Å². The molecule has 0 aliphatic rings. The van der Waals surface area contributed by atoms with Gasteiger partial charge in [0.25, 0.3) is 5.91 Å². The molecule has 0 spiro atoms. The van der Waals surface area contributed by atoms with Crippen LogP contribution in [0, 0.1) is 24.1 Å². The Morgan fingerprint density at radius 1 is 1.14 bits per heavy atom. The number of benzene rings is 3. The number of carbonyl (C=O) groups excluding carboxylic acids is 1. The van der Waals surface area contributed by atoms with Gasteiger partial charge in [-0.25, -0.2) is 4.39 Å². The second-order valence-corrected chi connectivity index (χ2v) is 6.95. The lowest BCUT2D eigenvalue weighted by molar-refractivity contribution is -0.112. The van der Waals surface area contributed by atoms with Gasteiger partial charge >= 0.3 is 0 Å². The molecule has 3 aromatic carbocycles. The zero-order chi connectivity index (χ0) is 20.8. The minimum Gasteiger partial charge on any atom is -0.321 e. The maximum atomic E-state index is 13.5. The van der Waals surface area contributed by atoms with Crippen LogP contribution in [0.15, 0.2) is 72.3 Å². The smallest absolute Gasteiger partial charge is 0.266 e. The zero-order valence-electron chi connectivity index (χ0n) is 15.7. The van der Waals surface area contributed by atoms with Crippen molar-refractivity contribution < 1.29 is 9.18 Å². The highest BCUT2D eigenvalue weighted by Crippen LogP contribution is 2.24. The summed E-state index contributed by atoms with van der Waals surface area (Å²) in [6.45, 7) is 1.79. The summed E-state index contributed by atoms with van der Waals surface area (Å²) in [4.78, 5) is 12.6. The highest BCUT2D eigenvalue weighted by atomic mass is 35.5. The first kappa shape index (κ1) is 20.3. The molecular formula is C24H18ClFN2O. The highest BCUT2D eigenvalue weighted by molar-refractivity contribution is 6.31. The lowest BCUT2D eigenvalue weighted by Crippen LogP contribution is -2.14. The Labute approximate surface area is 174 Å². The Kier molecular flexibility index (Phi) is 6.43. The first-order valence-corrected chi connectivity index (χ1v) is 9.36. The summed E-state index contributed by atoms with van der Waals surface area (Å²) < 4.78 is 13.5. The fourth-order valence-corrected chi connectivity index (χ4v) is 3.11. The number of amides is 1. The molecule has 0 saturated carbocycles. The molecule has 29 heavy (non-hydrogen) atoms. The average Bonchev–Trinajstić information content (AvgIpc) is 2.70. The van der Waals surface area contributed by atoms with Crippen molar-refractivity contribution in [2.45, 2.75) is 13.3 Å². The van der Waals surface area contributed by atoms with E-state index in [1.165, 1.54) is 12.1 Å². The van der Waals surface area contributed by atoms with Crippen molar-refractivity contribution in [2.24, 2.45) is 0 Å². The maximum absolute atomic E-state index is 13.5. The molecule has 0 fully saturated rings. The van der Waals surface area contributed by atoms with Crippen LogP contribution in [0.2, 0.25) is 5.02 Å². The number of nitrogens with zero attached hydrogens (tertiary/aromatic N) is 1. The van der Waals surface area contributed by atoms with Crippen LogP contribution >= 0.6 is 11.6 Å². The fourth-order valence-electron chi connectivity index (χ4n) is 2.94. The molecule has 0 atom stereocenters. The third-order valence-electron chi connectivity index (χ3n) is 4.52. The molecule has 0 heterocycles. The van der Waals surface area contributed by atoms with Gasteiger partial charge in [-0.3, -0.25) is 4.79 Å². The Morgan fingerprint density at radius 3 is 2.66 bits per heavy atom. The average molecular weight is 405 g/mol. The van der Waals surface area contributed by atoms with E-state index in [0.717, 1.165) is 22.3 Å². The molecule has 1 N–H and O–H groups in total. The molecule has 0 bridgehead atoms. The van der Waals surface area contributed by atoms with E-state index in [4.69, 9.17) is 11.6 Å². The molecule has 0 aromatic heterocycles. The maximum Gasteiger partial charge on any atom is 0.266 e. The van der Waals surface area contributed by atoms with Crippen LogP contribution < -0.4 is 5.32 Å². The molecule has 0 radical (unpaired) electrons. The summed E-state index contributed by atoms with van der Waals surface area (Å²) in [5.41, 5.74) is 3.67. The molecule has 1 amide bonds. The van der Waals surface area contributed by atoms with E-state index in [1.54, 1.807) is 37.3 Å². The number of halogens is 2. The summed E-state index contributed by atoms with van der Waals surface area (Å²) in [6, 6.07) is 20.9. The van der Waals surface area contributed by atoms with Gasteiger partial charge in [0.05, 0.1) is 0 Å². The van der Waals surface area contributed by atoms with E-state index >= 15 is 0 Å². The van der Waals surface area contributed by atoms with Crippen LogP contribution in [-0.4, -0.2) is 5.91 Å². The van der Waals surface area contributed by atoms with Gasteiger partial charge in [0.2, 0.25) is 0 Å². The lowest BCUT2D eigenvalue weighted by atomic mass is 9.98. The quantitative estimate of drug-likeness (QED) is 0.423. The van der Waals surface area contributed by atoms with Crippen LogP contribution in [0.3, 0.4) is 0 Å². The van der Waals surface area contributed by atoms with Crippen molar-refractivity contribution in [1.29, 1.82) is 5.26 Å². The van der Waals surface area contributed by atoms with Crippen molar-refractivity contribution >= 4 is 29.3 Å². The van der Waals surface area contributed by atoms with E-state index in [0.29, 0.717) is 17.1 Å². The van der Waals surface area contributed by atoms with Gasteiger partial charge < -0.3 is 5.32 Å². The Bertz CT molecular complexity index is 1130. The number of rotatable bonds is 5. The Hall–Kier alpha value is -3.42. The second kappa shape index (κ2) is 9.18. The molecular weight excluding hydrogens is 387 g/mol. The van der Waals surface area contributed by atoms with Crippen LogP contribution in [0.4, 0.5) is 10.1 Å². The second-order valence-electron chi connectivity index (χ2n) is 6.54. The minimum absolute atomic E-state index is 0.0314. The number of anilines is 1. The fraction of sp³-hybridized carbons (Fsp3) is 0.0833. The van der Waals surface area contributed by atoms with Crippen LogP contribution in [-0.2, 0) is 11.2 Å². The van der Waals surface area contributed by atoms with Gasteiger partial charge in [-0.2, -0.15) is 5.26 Å². The highest BCUT2D eigenvalue weighted by Gasteiger charge is 2.13. The normalized spacial score (nSPS) is 11.0. The van der Waals surface area contributed by atoms with E-state index in [1.807, 2.05) is 36.4 Å².